The van der Waals surface area contributed by atoms with Crippen molar-refractivity contribution in [1.82, 2.24) is 0 Å². The van der Waals surface area contributed by atoms with Gasteiger partial charge in [-0.2, -0.15) is 0 Å². The van der Waals surface area contributed by atoms with Gasteiger partial charge in [0.05, 0.1) is 18.9 Å². The van der Waals surface area contributed by atoms with E-state index in [0.29, 0.717) is 11.3 Å². The summed E-state index contributed by atoms with van der Waals surface area (Å²) in [5, 5.41) is 0. The summed E-state index contributed by atoms with van der Waals surface area (Å²) >= 11 is 0. The molecule has 2 rings (SSSR count). The van der Waals surface area contributed by atoms with E-state index in [1.54, 1.807) is 18.4 Å². The largest absolute Gasteiger partial charge is 0.465 e. The van der Waals surface area contributed by atoms with Crippen LogP contribution in [-0.4, -0.2) is 13.1 Å². The van der Waals surface area contributed by atoms with Gasteiger partial charge in [0, 0.05) is 5.56 Å². The fraction of sp³-hybridized carbons (Fsp3) is 0.154. The Morgan fingerprint density at radius 2 is 2.12 bits per heavy atom. The SMILES string of the molecule is COC(=O)c1cc(C)ccc1-c1ccco1. The predicted octanol–water partition coefficient (Wildman–Crippen LogP) is 3.04. The topological polar surface area (TPSA) is 39.4 Å². The second-order valence-corrected chi connectivity index (χ2v) is 3.52. The number of carbonyl (C=O) groups is 1. The van der Waals surface area contributed by atoms with Crippen molar-refractivity contribution in [3.05, 3.63) is 47.7 Å². The summed E-state index contributed by atoms with van der Waals surface area (Å²) in [6.45, 7) is 1.93. The van der Waals surface area contributed by atoms with E-state index in [-0.39, 0.29) is 5.97 Å². The fourth-order valence-corrected chi connectivity index (χ4v) is 1.58. The van der Waals surface area contributed by atoms with Gasteiger partial charge in [0.1, 0.15) is 5.76 Å². The number of carbonyl (C=O) groups excluding carboxylic acids is 1. The van der Waals surface area contributed by atoms with Crippen LogP contribution in [0.3, 0.4) is 0 Å². The van der Waals surface area contributed by atoms with Crippen LogP contribution in [0.15, 0.2) is 41.0 Å². The molecule has 0 bridgehead atoms. The summed E-state index contributed by atoms with van der Waals surface area (Å²) in [4.78, 5) is 11.6. The van der Waals surface area contributed by atoms with Crippen molar-refractivity contribution < 1.29 is 13.9 Å². The summed E-state index contributed by atoms with van der Waals surface area (Å²) in [6.07, 6.45) is 1.58. The van der Waals surface area contributed by atoms with E-state index in [1.165, 1.54) is 7.11 Å². The van der Waals surface area contributed by atoms with Crippen LogP contribution in [-0.2, 0) is 4.74 Å². The maximum Gasteiger partial charge on any atom is 0.338 e. The van der Waals surface area contributed by atoms with Crippen molar-refractivity contribution in [1.29, 1.82) is 0 Å². The van der Waals surface area contributed by atoms with Crippen molar-refractivity contribution in [2.24, 2.45) is 0 Å². The zero-order chi connectivity index (χ0) is 11.5. The Bertz CT molecular complexity index is 498. The van der Waals surface area contributed by atoms with Crippen LogP contribution in [0.25, 0.3) is 11.3 Å². The van der Waals surface area contributed by atoms with Crippen LogP contribution in [0.4, 0.5) is 0 Å². The van der Waals surface area contributed by atoms with Gasteiger partial charge in [0.2, 0.25) is 0 Å². The number of rotatable bonds is 2. The quantitative estimate of drug-likeness (QED) is 0.724. The van der Waals surface area contributed by atoms with Gasteiger partial charge in [-0.1, -0.05) is 17.7 Å². The summed E-state index contributed by atoms with van der Waals surface area (Å²) < 4.78 is 10.0. The van der Waals surface area contributed by atoms with Crippen LogP contribution in [0, 0.1) is 6.92 Å². The van der Waals surface area contributed by atoms with E-state index in [1.807, 2.05) is 25.1 Å². The number of esters is 1. The predicted molar refractivity (Wildman–Crippen MR) is 60.2 cm³/mol. The monoisotopic (exact) mass is 216 g/mol. The third kappa shape index (κ3) is 1.84. The van der Waals surface area contributed by atoms with Crippen LogP contribution in [0.1, 0.15) is 15.9 Å². The molecule has 2 aromatic rings. The van der Waals surface area contributed by atoms with E-state index >= 15 is 0 Å². The van der Waals surface area contributed by atoms with E-state index in [4.69, 9.17) is 9.15 Å². The molecule has 0 unspecified atom stereocenters. The van der Waals surface area contributed by atoms with Crippen LogP contribution in [0.2, 0.25) is 0 Å². The van der Waals surface area contributed by atoms with Gasteiger partial charge in [-0.05, 0) is 25.1 Å². The van der Waals surface area contributed by atoms with Gasteiger partial charge < -0.3 is 9.15 Å². The molecule has 0 N–H and O–H groups in total. The first-order valence-electron chi connectivity index (χ1n) is 4.95. The molecule has 16 heavy (non-hydrogen) atoms. The van der Waals surface area contributed by atoms with E-state index < -0.39 is 0 Å². The van der Waals surface area contributed by atoms with E-state index in [0.717, 1.165) is 11.1 Å². The molecule has 0 fully saturated rings. The lowest BCUT2D eigenvalue weighted by molar-refractivity contribution is 0.0601. The van der Waals surface area contributed by atoms with Gasteiger partial charge in [0.25, 0.3) is 0 Å². The highest BCUT2D eigenvalue weighted by Gasteiger charge is 2.14. The molecule has 0 spiro atoms. The summed E-state index contributed by atoms with van der Waals surface area (Å²) in [5.41, 5.74) is 2.29. The van der Waals surface area contributed by atoms with Crippen LogP contribution >= 0.6 is 0 Å². The minimum absolute atomic E-state index is 0.352. The third-order valence-corrected chi connectivity index (χ3v) is 2.37. The molecule has 1 heterocycles. The van der Waals surface area contributed by atoms with Gasteiger partial charge in [-0.3, -0.25) is 0 Å². The average molecular weight is 216 g/mol. The van der Waals surface area contributed by atoms with Gasteiger partial charge in [-0.25, -0.2) is 4.79 Å². The Kier molecular flexibility index (Phi) is 2.77. The van der Waals surface area contributed by atoms with Crippen molar-refractivity contribution in [2.45, 2.75) is 6.92 Å². The number of methoxy groups -OCH3 is 1. The zero-order valence-corrected chi connectivity index (χ0v) is 9.19. The van der Waals surface area contributed by atoms with Crippen molar-refractivity contribution in [3.8, 4) is 11.3 Å². The van der Waals surface area contributed by atoms with E-state index in [2.05, 4.69) is 0 Å². The first kappa shape index (κ1) is 10.5. The molecule has 3 nitrogen and oxygen atoms in total. The van der Waals surface area contributed by atoms with E-state index in [9.17, 15) is 4.79 Å². The minimum Gasteiger partial charge on any atom is -0.465 e. The van der Waals surface area contributed by atoms with Crippen molar-refractivity contribution >= 4 is 5.97 Å². The number of aryl methyl sites for hydroxylation is 1. The van der Waals surface area contributed by atoms with Gasteiger partial charge in [-0.15, -0.1) is 0 Å². The fourth-order valence-electron chi connectivity index (χ4n) is 1.58. The lowest BCUT2D eigenvalue weighted by atomic mass is 10.0. The van der Waals surface area contributed by atoms with Crippen LogP contribution in [0.5, 0.6) is 0 Å². The molecule has 1 aromatic heterocycles. The summed E-state index contributed by atoms with van der Waals surface area (Å²) in [7, 11) is 1.37. The lowest BCUT2D eigenvalue weighted by Gasteiger charge is -2.06. The van der Waals surface area contributed by atoms with Gasteiger partial charge in [0.15, 0.2) is 0 Å². The highest BCUT2D eigenvalue weighted by molar-refractivity contribution is 5.96. The maximum atomic E-state index is 11.6. The maximum absolute atomic E-state index is 11.6. The molecule has 0 amide bonds. The first-order valence-corrected chi connectivity index (χ1v) is 4.95. The summed E-state index contributed by atoms with van der Waals surface area (Å²) in [5.74, 6) is 0.315. The molecule has 0 saturated carbocycles. The molecule has 82 valence electrons. The molecular formula is C13H12O3. The molecule has 0 saturated heterocycles. The Morgan fingerprint density at radius 3 is 2.75 bits per heavy atom. The molecule has 0 aliphatic carbocycles. The molecular weight excluding hydrogens is 204 g/mol. The smallest absolute Gasteiger partial charge is 0.338 e. The number of hydrogen-bond donors (Lipinski definition) is 0. The Hall–Kier alpha value is -2.03. The Balaban J connectivity index is 2.57. The van der Waals surface area contributed by atoms with Crippen LogP contribution < -0.4 is 0 Å². The number of hydrogen-bond acceptors (Lipinski definition) is 3. The van der Waals surface area contributed by atoms with Crippen molar-refractivity contribution in [2.75, 3.05) is 7.11 Å². The molecule has 0 radical (unpaired) electrons. The highest BCUT2D eigenvalue weighted by Crippen LogP contribution is 2.25. The minimum atomic E-state index is -0.352. The van der Waals surface area contributed by atoms with Crippen molar-refractivity contribution in [3.63, 3.8) is 0 Å². The number of ether oxygens (including phenoxy) is 1. The normalized spacial score (nSPS) is 10.1. The number of furan rings is 1. The summed E-state index contributed by atoms with van der Waals surface area (Å²) in [6, 6.07) is 9.20. The first-order chi connectivity index (χ1) is 7.72. The lowest BCUT2D eigenvalue weighted by Crippen LogP contribution is -2.03. The molecule has 1 aromatic carbocycles. The second kappa shape index (κ2) is 4.23. The second-order valence-electron chi connectivity index (χ2n) is 3.52. The Labute approximate surface area is 93.7 Å². The number of benzene rings is 1. The molecule has 0 aliphatic rings. The zero-order valence-electron chi connectivity index (χ0n) is 9.19. The molecule has 0 aliphatic heterocycles. The average Bonchev–Trinajstić information content (AvgIpc) is 2.81. The Morgan fingerprint density at radius 1 is 1.31 bits per heavy atom. The van der Waals surface area contributed by atoms with Gasteiger partial charge >= 0.3 is 5.97 Å². The third-order valence-electron chi connectivity index (χ3n) is 2.37. The molecule has 0 atom stereocenters. The standard InChI is InChI=1S/C13H12O3/c1-9-5-6-10(12-4-3-7-16-12)11(8-9)13(14)15-2/h3-8H,1-2H3. The highest BCUT2D eigenvalue weighted by atomic mass is 16.5. The molecule has 3 heteroatoms.